The number of sulfone groups is 1. The van der Waals surface area contributed by atoms with Crippen LogP contribution in [0.15, 0.2) is 64.1 Å². The Morgan fingerprint density at radius 2 is 1.81 bits per heavy atom. The molecule has 0 aliphatic carbocycles. The summed E-state index contributed by atoms with van der Waals surface area (Å²) in [6, 6.07) is 14.4. The maximum atomic E-state index is 11.6. The largest absolute Gasteiger partial charge is 0.396 e. The van der Waals surface area contributed by atoms with Crippen LogP contribution in [0.2, 0.25) is 5.02 Å². The van der Waals surface area contributed by atoms with Crippen LogP contribution in [-0.4, -0.2) is 46.5 Å². The van der Waals surface area contributed by atoms with E-state index in [-0.39, 0.29) is 39.6 Å². The highest BCUT2D eigenvalue weighted by Crippen LogP contribution is 2.29. The quantitative estimate of drug-likeness (QED) is 0.317. The second-order valence-electron chi connectivity index (χ2n) is 9.17. The molecule has 2 heterocycles. The molecule has 4 rings (SSSR count). The van der Waals surface area contributed by atoms with Gasteiger partial charge in [-0.3, -0.25) is 0 Å². The fourth-order valence-electron chi connectivity index (χ4n) is 3.04. The van der Waals surface area contributed by atoms with Crippen LogP contribution in [0.1, 0.15) is 32.2 Å². The topological polar surface area (TPSA) is 157 Å². The van der Waals surface area contributed by atoms with Crippen molar-refractivity contribution >= 4 is 38.9 Å². The predicted molar refractivity (Wildman–Crippen MR) is 144 cm³/mol. The first-order chi connectivity index (χ1) is 17.4. The number of nitrogen functional groups attached to an aromatic ring is 1. The van der Waals surface area contributed by atoms with E-state index in [1.807, 2.05) is 51.1 Å². The molecule has 0 aliphatic heterocycles. The Labute approximate surface area is 220 Å². The number of benzene rings is 2. The van der Waals surface area contributed by atoms with Gasteiger partial charge in [0.05, 0.1) is 9.92 Å². The molecule has 196 valence electrons. The lowest BCUT2D eigenvalue weighted by Crippen LogP contribution is -2.13. The van der Waals surface area contributed by atoms with Crippen molar-refractivity contribution in [2.75, 3.05) is 23.9 Å². The number of aromatic nitrogens is 4. The number of nitrogens with zero attached hydrogens (tertiary/aromatic N) is 4. The summed E-state index contributed by atoms with van der Waals surface area (Å²) in [6.45, 7) is 6.14. The number of anilines is 3. The van der Waals surface area contributed by atoms with Gasteiger partial charge in [0.15, 0.2) is 15.7 Å². The third-order valence-electron chi connectivity index (χ3n) is 4.98. The van der Waals surface area contributed by atoms with Gasteiger partial charge in [-0.05, 0) is 30.2 Å². The first-order valence-corrected chi connectivity index (χ1v) is 13.5. The molecule has 12 heteroatoms. The maximum absolute atomic E-state index is 11.6. The minimum atomic E-state index is -3.41. The van der Waals surface area contributed by atoms with Crippen LogP contribution in [0.25, 0.3) is 11.5 Å². The number of nitrogens with one attached hydrogen (secondary N) is 1. The van der Waals surface area contributed by atoms with Crippen LogP contribution in [-0.2, 0) is 21.7 Å². The number of halogens is 1. The Morgan fingerprint density at radius 1 is 1.11 bits per heavy atom. The molecule has 37 heavy (non-hydrogen) atoms. The smallest absolute Gasteiger partial charge is 0.263 e. The Balaban J connectivity index is 0.000000356. The highest BCUT2D eigenvalue weighted by molar-refractivity contribution is 7.90. The molecule has 0 radical (unpaired) electrons. The lowest BCUT2D eigenvalue weighted by Gasteiger charge is -2.11. The predicted octanol–water partition coefficient (Wildman–Crippen LogP) is 4.43. The van der Waals surface area contributed by atoms with E-state index >= 15 is 0 Å². The molecule has 2 aromatic carbocycles. The number of aliphatic hydroxyl groups is 1. The summed E-state index contributed by atoms with van der Waals surface area (Å²) >= 11 is 6.04. The van der Waals surface area contributed by atoms with Crippen molar-refractivity contribution in [3.8, 4) is 11.5 Å². The highest BCUT2D eigenvalue weighted by atomic mass is 35.5. The minimum Gasteiger partial charge on any atom is -0.396 e. The molecule has 2 aromatic heterocycles. The fourth-order valence-corrected chi connectivity index (χ4v) is 4.37. The molecule has 0 atom stereocenters. The van der Waals surface area contributed by atoms with Crippen molar-refractivity contribution in [2.24, 2.45) is 0 Å². The second-order valence-corrected chi connectivity index (χ2v) is 11.6. The lowest BCUT2D eigenvalue weighted by molar-refractivity contribution is 0.299. The van der Waals surface area contributed by atoms with Crippen molar-refractivity contribution in [1.29, 1.82) is 0 Å². The number of nitrogens with two attached hydrogens (primary N) is 1. The molecule has 0 spiro atoms. The number of hydrogen-bond donors (Lipinski definition) is 3. The third-order valence-corrected chi connectivity index (χ3v) is 6.56. The number of hydrogen-bond acceptors (Lipinski definition) is 10. The summed E-state index contributed by atoms with van der Waals surface area (Å²) < 4.78 is 28.5. The van der Waals surface area contributed by atoms with E-state index in [4.69, 9.17) is 27.0 Å². The van der Waals surface area contributed by atoms with Gasteiger partial charge in [-0.2, -0.15) is 9.97 Å². The summed E-state index contributed by atoms with van der Waals surface area (Å²) in [5.41, 5.74) is 7.87. The minimum absolute atomic E-state index is 0.0431. The normalized spacial score (nSPS) is 11.5. The Kier molecular flexibility index (Phi) is 8.85. The highest BCUT2D eigenvalue weighted by Gasteiger charge is 2.23. The summed E-state index contributed by atoms with van der Waals surface area (Å²) in [5.74, 6) is 1.14. The van der Waals surface area contributed by atoms with Gasteiger partial charge in [0.25, 0.3) is 5.89 Å². The van der Waals surface area contributed by atoms with Gasteiger partial charge >= 0.3 is 0 Å². The standard InChI is InChI=1S/C17H19ClN6O3S.C8H10O/c1-17(2,3)15-23-14(27-24-15)10-8-20-16(22-13(10)19)21-9-5-6-12(11(18)7-9)28(4,25)26;9-7-6-8-4-2-1-3-5-8/h5-8H,1-4H3,(H3,19,20,21,22);1-5,9H,6-7H2. The lowest BCUT2D eigenvalue weighted by atomic mass is 9.96. The Bertz CT molecular complexity index is 1450. The van der Waals surface area contributed by atoms with E-state index in [1.54, 1.807) is 6.07 Å². The van der Waals surface area contributed by atoms with Crippen molar-refractivity contribution in [3.63, 3.8) is 0 Å². The van der Waals surface area contributed by atoms with Crippen LogP contribution in [0.3, 0.4) is 0 Å². The van der Waals surface area contributed by atoms with Crippen LogP contribution >= 0.6 is 11.6 Å². The van der Waals surface area contributed by atoms with E-state index in [0.717, 1.165) is 12.7 Å². The van der Waals surface area contributed by atoms with Gasteiger partial charge in [-0.25, -0.2) is 13.4 Å². The van der Waals surface area contributed by atoms with Gasteiger partial charge < -0.3 is 20.7 Å². The molecule has 0 saturated carbocycles. The average Bonchev–Trinajstić information content (AvgIpc) is 3.30. The summed E-state index contributed by atoms with van der Waals surface area (Å²) in [7, 11) is -3.41. The van der Waals surface area contributed by atoms with E-state index in [9.17, 15) is 8.42 Å². The second kappa shape index (κ2) is 11.7. The molecule has 0 aliphatic rings. The molecule has 10 nitrogen and oxygen atoms in total. The van der Waals surface area contributed by atoms with E-state index < -0.39 is 9.84 Å². The Morgan fingerprint density at radius 3 is 2.35 bits per heavy atom. The van der Waals surface area contributed by atoms with E-state index in [2.05, 4.69) is 25.4 Å². The van der Waals surface area contributed by atoms with Crippen LogP contribution < -0.4 is 11.1 Å². The zero-order valence-electron chi connectivity index (χ0n) is 20.9. The first kappa shape index (κ1) is 28.0. The van der Waals surface area contributed by atoms with Gasteiger partial charge in [-0.1, -0.05) is 67.9 Å². The van der Waals surface area contributed by atoms with Crippen LogP contribution in [0.5, 0.6) is 0 Å². The van der Waals surface area contributed by atoms with Crippen molar-refractivity contribution in [3.05, 3.63) is 71.1 Å². The molecular weight excluding hydrogens is 516 g/mol. The summed E-state index contributed by atoms with van der Waals surface area (Å²) in [4.78, 5) is 12.8. The van der Waals surface area contributed by atoms with Gasteiger partial charge in [0.1, 0.15) is 11.4 Å². The molecule has 0 fully saturated rings. The fraction of sp³-hybridized carbons (Fsp3) is 0.280. The van der Waals surface area contributed by atoms with Gasteiger partial charge in [-0.15, -0.1) is 0 Å². The molecule has 4 aromatic rings. The SMILES string of the molecule is CC(C)(C)c1noc(-c2cnc(Nc3ccc(S(C)(=O)=O)c(Cl)c3)nc2N)n1.OCCc1ccccc1. The van der Waals surface area contributed by atoms with Gasteiger partial charge in [0.2, 0.25) is 5.95 Å². The monoisotopic (exact) mass is 544 g/mol. The van der Waals surface area contributed by atoms with Gasteiger partial charge in [0, 0.05) is 30.2 Å². The molecule has 4 N–H and O–H groups in total. The van der Waals surface area contributed by atoms with Crippen molar-refractivity contribution in [2.45, 2.75) is 37.5 Å². The number of aliphatic hydroxyl groups excluding tert-OH is 1. The molecule has 0 bridgehead atoms. The maximum Gasteiger partial charge on any atom is 0.263 e. The van der Waals surface area contributed by atoms with Crippen molar-refractivity contribution in [1.82, 2.24) is 20.1 Å². The van der Waals surface area contributed by atoms with Crippen LogP contribution in [0.4, 0.5) is 17.5 Å². The zero-order valence-corrected chi connectivity index (χ0v) is 22.5. The average molecular weight is 545 g/mol. The van der Waals surface area contributed by atoms with Crippen LogP contribution in [0, 0.1) is 0 Å². The molecular formula is C25H29ClN6O4S. The van der Waals surface area contributed by atoms with E-state index in [1.165, 1.54) is 23.9 Å². The first-order valence-electron chi connectivity index (χ1n) is 11.3. The zero-order chi connectivity index (χ0) is 27.2. The molecule has 0 unspecified atom stereocenters. The number of rotatable bonds is 6. The third kappa shape index (κ3) is 7.72. The van der Waals surface area contributed by atoms with Crippen molar-refractivity contribution < 1.29 is 18.0 Å². The Hall–Kier alpha value is -3.54. The summed E-state index contributed by atoms with van der Waals surface area (Å²) in [5, 5.41) is 15.5. The summed E-state index contributed by atoms with van der Waals surface area (Å²) in [6.07, 6.45) is 3.32. The van der Waals surface area contributed by atoms with E-state index in [0.29, 0.717) is 17.1 Å². The molecule has 0 saturated heterocycles. The molecule has 0 amide bonds.